The van der Waals surface area contributed by atoms with Crippen LogP contribution in [0.15, 0.2) is 67.1 Å². The van der Waals surface area contributed by atoms with Crippen molar-refractivity contribution in [2.24, 2.45) is 7.05 Å². The SMILES string of the molecule is Cc1cc(-c2ccnnc2)cc(C)c1Cc1nc(Nc2ccc(N)cc2)nc2ccn(C)c12. The first-order chi connectivity index (χ1) is 16.0. The lowest BCUT2D eigenvalue weighted by Gasteiger charge is -2.15. The minimum atomic E-state index is 0.572. The molecular weight excluding hydrogens is 410 g/mol. The molecule has 0 radical (unpaired) electrons. The molecule has 3 aromatic heterocycles. The van der Waals surface area contributed by atoms with Crippen molar-refractivity contribution in [1.82, 2.24) is 24.7 Å². The van der Waals surface area contributed by atoms with E-state index in [1.165, 1.54) is 16.7 Å². The molecule has 0 bridgehead atoms. The summed E-state index contributed by atoms with van der Waals surface area (Å²) in [6.45, 7) is 4.30. The summed E-state index contributed by atoms with van der Waals surface area (Å²) in [5, 5.41) is 11.2. The van der Waals surface area contributed by atoms with Gasteiger partial charge in [0.05, 0.1) is 29.1 Å². The Kier molecular flexibility index (Phi) is 5.22. The van der Waals surface area contributed by atoms with Gasteiger partial charge in [-0.2, -0.15) is 10.2 Å². The maximum atomic E-state index is 5.81. The number of nitrogens with one attached hydrogen (secondary N) is 1. The van der Waals surface area contributed by atoms with Crippen LogP contribution in [0, 0.1) is 13.8 Å². The minimum absolute atomic E-state index is 0.572. The smallest absolute Gasteiger partial charge is 0.228 e. The molecule has 0 aliphatic carbocycles. The van der Waals surface area contributed by atoms with Gasteiger partial charge in [-0.15, -0.1) is 0 Å². The third-order valence-corrected chi connectivity index (χ3v) is 5.92. The summed E-state index contributed by atoms with van der Waals surface area (Å²) in [5.41, 5.74) is 16.3. The lowest BCUT2D eigenvalue weighted by atomic mass is 9.93. The summed E-state index contributed by atoms with van der Waals surface area (Å²) in [6, 6.07) is 16.0. The number of rotatable bonds is 5. The molecule has 0 aliphatic heterocycles. The number of nitrogen functional groups attached to an aromatic ring is 1. The van der Waals surface area contributed by atoms with E-state index in [0.717, 1.165) is 39.2 Å². The number of aromatic nitrogens is 5. The van der Waals surface area contributed by atoms with E-state index in [2.05, 4.69) is 46.1 Å². The van der Waals surface area contributed by atoms with Gasteiger partial charge in [-0.3, -0.25) is 0 Å². The van der Waals surface area contributed by atoms with Gasteiger partial charge in [0.2, 0.25) is 5.95 Å². The van der Waals surface area contributed by atoms with Crippen molar-refractivity contribution < 1.29 is 0 Å². The summed E-state index contributed by atoms with van der Waals surface area (Å²) >= 11 is 0. The van der Waals surface area contributed by atoms with Crippen LogP contribution in [0.25, 0.3) is 22.2 Å². The van der Waals surface area contributed by atoms with Gasteiger partial charge >= 0.3 is 0 Å². The van der Waals surface area contributed by atoms with Crippen LogP contribution in [0.1, 0.15) is 22.4 Å². The molecule has 33 heavy (non-hydrogen) atoms. The number of benzene rings is 2. The lowest BCUT2D eigenvalue weighted by molar-refractivity contribution is 0.936. The van der Waals surface area contributed by atoms with Crippen molar-refractivity contribution in [1.29, 1.82) is 0 Å². The molecule has 0 saturated heterocycles. The number of nitrogens with zero attached hydrogens (tertiary/aromatic N) is 5. The van der Waals surface area contributed by atoms with E-state index in [0.29, 0.717) is 12.4 Å². The molecule has 5 rings (SSSR count). The summed E-state index contributed by atoms with van der Waals surface area (Å²) in [4.78, 5) is 9.64. The Morgan fingerprint density at radius 2 is 1.67 bits per heavy atom. The Labute approximate surface area is 192 Å². The Morgan fingerprint density at radius 1 is 0.909 bits per heavy atom. The van der Waals surface area contributed by atoms with Crippen molar-refractivity contribution in [2.45, 2.75) is 20.3 Å². The average molecular weight is 436 g/mol. The number of hydrogen-bond donors (Lipinski definition) is 2. The van der Waals surface area contributed by atoms with E-state index in [9.17, 15) is 0 Å². The normalized spacial score (nSPS) is 11.1. The van der Waals surface area contributed by atoms with Crippen LogP contribution < -0.4 is 11.1 Å². The zero-order valence-electron chi connectivity index (χ0n) is 18.9. The zero-order chi connectivity index (χ0) is 22.9. The molecule has 0 amide bonds. The number of fused-ring (bicyclic) bond motifs is 1. The fraction of sp³-hybridized carbons (Fsp3) is 0.154. The van der Waals surface area contributed by atoms with E-state index in [-0.39, 0.29) is 0 Å². The third kappa shape index (κ3) is 4.13. The van der Waals surface area contributed by atoms with Crippen LogP contribution in [0.5, 0.6) is 0 Å². The Bertz CT molecular complexity index is 1410. The van der Waals surface area contributed by atoms with Crippen LogP contribution >= 0.6 is 0 Å². The van der Waals surface area contributed by atoms with Crippen LogP contribution in [0.4, 0.5) is 17.3 Å². The first kappa shape index (κ1) is 20.6. The molecule has 0 fully saturated rings. The number of hydrogen-bond acceptors (Lipinski definition) is 6. The van der Waals surface area contributed by atoms with Crippen LogP contribution in [-0.2, 0) is 13.5 Å². The Balaban J connectivity index is 1.54. The van der Waals surface area contributed by atoms with E-state index < -0.39 is 0 Å². The monoisotopic (exact) mass is 435 g/mol. The first-order valence-electron chi connectivity index (χ1n) is 10.8. The molecule has 164 valence electrons. The molecule has 0 unspecified atom stereocenters. The molecule has 5 aromatic rings. The lowest BCUT2D eigenvalue weighted by Crippen LogP contribution is -2.06. The largest absolute Gasteiger partial charge is 0.399 e. The van der Waals surface area contributed by atoms with Crippen molar-refractivity contribution >= 4 is 28.4 Å². The number of nitrogens with two attached hydrogens (primary N) is 1. The van der Waals surface area contributed by atoms with E-state index in [1.54, 1.807) is 12.4 Å². The second-order valence-corrected chi connectivity index (χ2v) is 8.30. The maximum Gasteiger partial charge on any atom is 0.228 e. The average Bonchev–Trinajstić information content (AvgIpc) is 3.19. The molecule has 2 aromatic carbocycles. The van der Waals surface area contributed by atoms with Crippen LogP contribution in [-0.4, -0.2) is 24.7 Å². The quantitative estimate of drug-likeness (QED) is 0.379. The molecule has 0 spiro atoms. The fourth-order valence-corrected chi connectivity index (χ4v) is 4.22. The first-order valence-corrected chi connectivity index (χ1v) is 10.8. The summed E-state index contributed by atoms with van der Waals surface area (Å²) in [7, 11) is 2.03. The molecule has 0 saturated carbocycles. The highest BCUT2D eigenvalue weighted by Gasteiger charge is 2.15. The van der Waals surface area contributed by atoms with Gasteiger partial charge in [0.1, 0.15) is 0 Å². The second-order valence-electron chi connectivity index (χ2n) is 8.30. The Hall–Kier alpha value is -4.26. The van der Waals surface area contributed by atoms with E-state index in [1.807, 2.05) is 49.6 Å². The molecule has 0 atom stereocenters. The summed E-state index contributed by atoms with van der Waals surface area (Å²) in [5.74, 6) is 0.572. The van der Waals surface area contributed by atoms with Gasteiger partial charge < -0.3 is 15.6 Å². The number of aryl methyl sites for hydroxylation is 3. The van der Waals surface area contributed by atoms with Crippen molar-refractivity contribution in [3.8, 4) is 11.1 Å². The molecule has 3 N–H and O–H groups in total. The second kappa shape index (κ2) is 8.35. The molecular formula is C26H25N7. The maximum absolute atomic E-state index is 5.81. The minimum Gasteiger partial charge on any atom is -0.399 e. The van der Waals surface area contributed by atoms with Gasteiger partial charge in [0.25, 0.3) is 0 Å². The van der Waals surface area contributed by atoms with Crippen LogP contribution in [0.3, 0.4) is 0 Å². The molecule has 3 heterocycles. The molecule has 7 nitrogen and oxygen atoms in total. The highest BCUT2D eigenvalue weighted by molar-refractivity contribution is 5.80. The van der Waals surface area contributed by atoms with Gasteiger partial charge in [-0.05, 0) is 72.5 Å². The fourth-order valence-electron chi connectivity index (χ4n) is 4.22. The predicted molar refractivity (Wildman–Crippen MR) is 132 cm³/mol. The van der Waals surface area contributed by atoms with Gasteiger partial charge in [0, 0.05) is 36.6 Å². The summed E-state index contributed by atoms with van der Waals surface area (Å²) < 4.78 is 2.08. The van der Waals surface area contributed by atoms with Gasteiger partial charge in [-0.25, -0.2) is 9.97 Å². The predicted octanol–water partition coefficient (Wildman–Crippen LogP) is 4.96. The van der Waals surface area contributed by atoms with Gasteiger partial charge in [-0.1, -0.05) is 12.1 Å². The van der Waals surface area contributed by atoms with E-state index >= 15 is 0 Å². The third-order valence-electron chi connectivity index (χ3n) is 5.92. The number of anilines is 3. The zero-order valence-corrected chi connectivity index (χ0v) is 18.9. The highest BCUT2D eigenvalue weighted by Crippen LogP contribution is 2.29. The topological polar surface area (TPSA) is 94.5 Å². The Morgan fingerprint density at radius 3 is 2.36 bits per heavy atom. The van der Waals surface area contributed by atoms with Crippen molar-refractivity contribution in [2.75, 3.05) is 11.1 Å². The van der Waals surface area contributed by atoms with E-state index in [4.69, 9.17) is 15.7 Å². The molecule has 7 heteroatoms. The van der Waals surface area contributed by atoms with Crippen molar-refractivity contribution in [3.63, 3.8) is 0 Å². The summed E-state index contributed by atoms with van der Waals surface area (Å²) in [6.07, 6.45) is 6.24. The highest BCUT2D eigenvalue weighted by atomic mass is 15.1. The van der Waals surface area contributed by atoms with Crippen LogP contribution in [0.2, 0.25) is 0 Å². The molecule has 0 aliphatic rings. The van der Waals surface area contributed by atoms with Crippen molar-refractivity contribution in [3.05, 3.63) is 89.5 Å². The van der Waals surface area contributed by atoms with Gasteiger partial charge in [0.15, 0.2) is 0 Å². The standard InChI is InChI=1S/C26H25N7/c1-16-12-19(18-8-10-28-29-15-18)13-17(2)22(16)14-24-25-23(9-11-33(25)3)31-26(32-24)30-21-6-4-20(27)5-7-21/h4-13,15H,14,27H2,1-3H3,(H,30,31,32).